The van der Waals surface area contributed by atoms with E-state index in [1.807, 2.05) is 13.8 Å². The lowest BCUT2D eigenvalue weighted by atomic mass is 10.3. The molecule has 0 unspecified atom stereocenters. The van der Waals surface area contributed by atoms with Crippen molar-refractivity contribution in [3.63, 3.8) is 0 Å². The number of rotatable bonds is 5. The molecule has 0 aliphatic rings. The van der Waals surface area contributed by atoms with Crippen LogP contribution < -0.4 is 10.9 Å². The quantitative estimate of drug-likeness (QED) is 0.851. The monoisotopic (exact) mass is 245 g/mol. The molecule has 1 aromatic heterocycles. The number of nitrogens with one attached hydrogen (secondary N) is 1. The van der Waals surface area contributed by atoms with Crippen LogP contribution in [0.15, 0.2) is 11.0 Å². The van der Waals surface area contributed by atoms with Crippen LogP contribution >= 0.6 is 11.6 Å². The number of anilines is 1. The van der Waals surface area contributed by atoms with Crippen molar-refractivity contribution in [3.05, 3.63) is 21.6 Å². The maximum absolute atomic E-state index is 11.7. The van der Waals surface area contributed by atoms with Gasteiger partial charge < -0.3 is 10.1 Å². The van der Waals surface area contributed by atoms with Crippen LogP contribution in [0.25, 0.3) is 0 Å². The summed E-state index contributed by atoms with van der Waals surface area (Å²) in [6.07, 6.45) is 1.55. The normalized spacial score (nSPS) is 10.8. The van der Waals surface area contributed by atoms with Crippen LogP contribution in [0, 0.1) is 0 Å². The molecule has 0 saturated carbocycles. The van der Waals surface area contributed by atoms with Gasteiger partial charge in [-0.05, 0) is 13.8 Å². The van der Waals surface area contributed by atoms with Gasteiger partial charge in [0.2, 0.25) is 0 Å². The first-order valence-electron chi connectivity index (χ1n) is 5.07. The third-order valence-electron chi connectivity index (χ3n) is 1.94. The molecule has 0 aliphatic carbocycles. The molecule has 0 saturated heterocycles. The zero-order chi connectivity index (χ0) is 12.1. The van der Waals surface area contributed by atoms with Crippen LogP contribution in [0.1, 0.15) is 13.8 Å². The standard InChI is InChI=1S/C10H16ClN3O2/c1-7(2)13-8-6-12-14(4-5-16-3)10(15)9(8)11/h6-7,13H,4-5H2,1-3H3. The summed E-state index contributed by atoms with van der Waals surface area (Å²) in [6, 6.07) is 0.202. The Morgan fingerprint density at radius 2 is 2.31 bits per heavy atom. The summed E-state index contributed by atoms with van der Waals surface area (Å²) in [4.78, 5) is 11.7. The van der Waals surface area contributed by atoms with E-state index < -0.39 is 0 Å². The van der Waals surface area contributed by atoms with Crippen LogP contribution in [-0.2, 0) is 11.3 Å². The minimum absolute atomic E-state index is 0.166. The van der Waals surface area contributed by atoms with Gasteiger partial charge in [-0.2, -0.15) is 5.10 Å². The summed E-state index contributed by atoms with van der Waals surface area (Å²) in [6.45, 7) is 4.76. The molecule has 16 heavy (non-hydrogen) atoms. The third-order valence-corrected chi connectivity index (χ3v) is 2.30. The molecule has 0 bridgehead atoms. The lowest BCUT2D eigenvalue weighted by molar-refractivity contribution is 0.182. The number of ether oxygens (including phenoxy) is 1. The number of nitrogens with zero attached hydrogens (tertiary/aromatic N) is 2. The molecule has 1 N–H and O–H groups in total. The van der Waals surface area contributed by atoms with Crippen LogP contribution in [0.5, 0.6) is 0 Å². The Morgan fingerprint density at radius 3 is 2.88 bits per heavy atom. The molecule has 90 valence electrons. The summed E-state index contributed by atoms with van der Waals surface area (Å²) >= 11 is 5.94. The lowest BCUT2D eigenvalue weighted by Gasteiger charge is -2.12. The zero-order valence-electron chi connectivity index (χ0n) is 9.66. The molecule has 0 amide bonds. The van der Waals surface area contributed by atoms with Crippen molar-refractivity contribution < 1.29 is 4.74 Å². The second kappa shape index (κ2) is 5.86. The van der Waals surface area contributed by atoms with Gasteiger partial charge in [0.1, 0.15) is 5.02 Å². The van der Waals surface area contributed by atoms with E-state index in [0.717, 1.165) is 0 Å². The topological polar surface area (TPSA) is 56.1 Å². The highest BCUT2D eigenvalue weighted by Gasteiger charge is 2.09. The minimum Gasteiger partial charge on any atom is -0.383 e. The largest absolute Gasteiger partial charge is 0.383 e. The molecule has 6 heteroatoms. The molecule has 0 aliphatic heterocycles. The summed E-state index contributed by atoms with van der Waals surface area (Å²) in [5.74, 6) is 0. The van der Waals surface area contributed by atoms with E-state index in [9.17, 15) is 4.79 Å². The van der Waals surface area contributed by atoms with E-state index in [0.29, 0.717) is 18.8 Å². The predicted octanol–water partition coefficient (Wildman–Crippen LogP) is 1.36. The maximum Gasteiger partial charge on any atom is 0.287 e. The summed E-state index contributed by atoms with van der Waals surface area (Å²) in [5.41, 5.74) is 0.264. The van der Waals surface area contributed by atoms with Gasteiger partial charge in [0, 0.05) is 13.2 Å². The molecule has 1 aromatic rings. The molecule has 0 aromatic carbocycles. The molecule has 0 radical (unpaired) electrons. The Hall–Kier alpha value is -1.07. The van der Waals surface area contributed by atoms with Crippen molar-refractivity contribution >= 4 is 17.3 Å². The first-order chi connectivity index (χ1) is 7.56. The van der Waals surface area contributed by atoms with Crippen molar-refractivity contribution in [2.45, 2.75) is 26.4 Å². The van der Waals surface area contributed by atoms with E-state index in [4.69, 9.17) is 16.3 Å². The van der Waals surface area contributed by atoms with Gasteiger partial charge in [-0.25, -0.2) is 4.68 Å². The average molecular weight is 246 g/mol. The van der Waals surface area contributed by atoms with E-state index in [-0.39, 0.29) is 16.6 Å². The van der Waals surface area contributed by atoms with Gasteiger partial charge in [0.25, 0.3) is 5.56 Å². The second-order valence-corrected chi connectivity index (χ2v) is 4.07. The molecule has 0 spiro atoms. The molecule has 1 rings (SSSR count). The Balaban J connectivity index is 2.94. The van der Waals surface area contributed by atoms with Crippen LogP contribution in [0.4, 0.5) is 5.69 Å². The van der Waals surface area contributed by atoms with E-state index in [2.05, 4.69) is 10.4 Å². The highest BCUT2D eigenvalue weighted by molar-refractivity contribution is 6.32. The summed E-state index contributed by atoms with van der Waals surface area (Å²) < 4.78 is 6.17. The molecular weight excluding hydrogens is 230 g/mol. The number of halogens is 1. The van der Waals surface area contributed by atoms with Crippen molar-refractivity contribution in [3.8, 4) is 0 Å². The first kappa shape index (κ1) is 13.0. The van der Waals surface area contributed by atoms with Gasteiger partial charge >= 0.3 is 0 Å². The van der Waals surface area contributed by atoms with Gasteiger partial charge in [0.05, 0.1) is 25.0 Å². The highest BCUT2D eigenvalue weighted by Crippen LogP contribution is 2.15. The maximum atomic E-state index is 11.7. The average Bonchev–Trinajstić information content (AvgIpc) is 2.23. The lowest BCUT2D eigenvalue weighted by Crippen LogP contribution is -2.26. The minimum atomic E-state index is -0.302. The summed E-state index contributed by atoms with van der Waals surface area (Å²) in [7, 11) is 1.57. The van der Waals surface area contributed by atoms with Gasteiger partial charge in [-0.1, -0.05) is 11.6 Å². The van der Waals surface area contributed by atoms with E-state index in [1.54, 1.807) is 13.3 Å². The van der Waals surface area contributed by atoms with Crippen molar-refractivity contribution in [2.75, 3.05) is 19.0 Å². The fourth-order valence-corrected chi connectivity index (χ4v) is 1.41. The highest BCUT2D eigenvalue weighted by atomic mass is 35.5. The van der Waals surface area contributed by atoms with E-state index in [1.165, 1.54) is 4.68 Å². The Bertz CT molecular complexity index is 404. The molecule has 5 nitrogen and oxygen atoms in total. The molecule has 0 atom stereocenters. The number of hydrogen-bond donors (Lipinski definition) is 1. The number of hydrogen-bond acceptors (Lipinski definition) is 4. The fourth-order valence-electron chi connectivity index (χ4n) is 1.21. The van der Waals surface area contributed by atoms with Gasteiger partial charge in [0.15, 0.2) is 0 Å². The third kappa shape index (κ3) is 3.21. The zero-order valence-corrected chi connectivity index (χ0v) is 10.4. The molecular formula is C10H16ClN3O2. The Morgan fingerprint density at radius 1 is 1.62 bits per heavy atom. The van der Waals surface area contributed by atoms with Crippen LogP contribution in [0.2, 0.25) is 5.02 Å². The van der Waals surface area contributed by atoms with Gasteiger partial charge in [-0.15, -0.1) is 0 Å². The fraction of sp³-hybridized carbons (Fsp3) is 0.600. The molecule has 0 fully saturated rings. The smallest absolute Gasteiger partial charge is 0.287 e. The summed E-state index contributed by atoms with van der Waals surface area (Å²) in [5, 5.41) is 7.23. The number of methoxy groups -OCH3 is 1. The Kier molecular flexibility index (Phi) is 4.76. The first-order valence-corrected chi connectivity index (χ1v) is 5.45. The van der Waals surface area contributed by atoms with Crippen molar-refractivity contribution in [1.29, 1.82) is 0 Å². The van der Waals surface area contributed by atoms with Gasteiger partial charge in [-0.3, -0.25) is 4.79 Å². The number of aromatic nitrogens is 2. The van der Waals surface area contributed by atoms with Crippen LogP contribution in [-0.4, -0.2) is 29.5 Å². The van der Waals surface area contributed by atoms with Crippen molar-refractivity contribution in [2.24, 2.45) is 0 Å². The van der Waals surface area contributed by atoms with Crippen molar-refractivity contribution in [1.82, 2.24) is 9.78 Å². The molecule has 1 heterocycles. The second-order valence-electron chi connectivity index (χ2n) is 3.69. The predicted molar refractivity (Wildman–Crippen MR) is 64.1 cm³/mol. The Labute approximate surface area is 99.4 Å². The SMILES string of the molecule is COCCn1ncc(NC(C)C)c(Cl)c1=O. The van der Waals surface area contributed by atoms with Crippen LogP contribution in [0.3, 0.4) is 0 Å². The van der Waals surface area contributed by atoms with E-state index >= 15 is 0 Å².